The van der Waals surface area contributed by atoms with Crippen LogP contribution in [0.1, 0.15) is 39.2 Å². The van der Waals surface area contributed by atoms with Gasteiger partial charge in [0.1, 0.15) is 11.9 Å². The molecule has 0 aliphatic carbocycles. The van der Waals surface area contributed by atoms with E-state index in [1.54, 1.807) is 0 Å². The van der Waals surface area contributed by atoms with Gasteiger partial charge in [0, 0.05) is 43.5 Å². The van der Waals surface area contributed by atoms with Gasteiger partial charge in [-0.1, -0.05) is 0 Å². The van der Waals surface area contributed by atoms with E-state index in [9.17, 15) is 0 Å². The van der Waals surface area contributed by atoms with Crippen molar-refractivity contribution in [2.45, 2.75) is 64.3 Å². The predicted molar refractivity (Wildman–Crippen MR) is 99.6 cm³/mol. The zero-order valence-electron chi connectivity index (χ0n) is 15.1. The van der Waals surface area contributed by atoms with Gasteiger partial charge >= 0.3 is 0 Å². The third kappa shape index (κ3) is 2.92. The highest BCUT2D eigenvalue weighted by Crippen LogP contribution is 2.37. The van der Waals surface area contributed by atoms with Gasteiger partial charge in [-0.3, -0.25) is 4.99 Å². The fourth-order valence-electron chi connectivity index (χ4n) is 4.37. The molecule has 24 heavy (non-hydrogen) atoms. The first kappa shape index (κ1) is 15.9. The lowest BCUT2D eigenvalue weighted by atomic mass is 10.1. The Morgan fingerprint density at radius 1 is 1.21 bits per heavy atom. The van der Waals surface area contributed by atoms with E-state index < -0.39 is 0 Å². The number of anilines is 1. The van der Waals surface area contributed by atoms with E-state index in [1.165, 1.54) is 11.3 Å². The second-order valence-corrected chi connectivity index (χ2v) is 7.78. The van der Waals surface area contributed by atoms with Crippen LogP contribution < -0.4 is 9.64 Å². The summed E-state index contributed by atoms with van der Waals surface area (Å²) in [6.07, 6.45) is 5.82. The molecule has 0 amide bonds. The third-order valence-electron chi connectivity index (χ3n) is 5.75. The van der Waals surface area contributed by atoms with Crippen LogP contribution in [-0.2, 0) is 6.42 Å². The first-order valence-electron chi connectivity index (χ1n) is 9.43. The Hall–Kier alpha value is -1.55. The number of nitrogens with zero attached hydrogens (tertiary/aromatic N) is 3. The molecule has 1 aromatic carbocycles. The summed E-state index contributed by atoms with van der Waals surface area (Å²) in [6, 6.07) is 8.26. The van der Waals surface area contributed by atoms with Crippen molar-refractivity contribution in [3.63, 3.8) is 0 Å². The summed E-state index contributed by atoms with van der Waals surface area (Å²) in [5, 5.41) is 0. The summed E-state index contributed by atoms with van der Waals surface area (Å²) < 4.78 is 6.31. The molecule has 0 aromatic heterocycles. The maximum atomic E-state index is 6.31. The average molecular weight is 327 g/mol. The minimum absolute atomic E-state index is 0.363. The Bertz CT molecular complexity index is 619. The summed E-state index contributed by atoms with van der Waals surface area (Å²) in [6.45, 7) is 10.0. The first-order valence-corrected chi connectivity index (χ1v) is 9.43. The molecule has 4 heteroatoms. The van der Waals surface area contributed by atoms with Crippen molar-refractivity contribution in [2.75, 3.05) is 24.5 Å². The highest BCUT2D eigenvalue weighted by Gasteiger charge is 2.33. The Balaban J connectivity index is 1.43. The molecule has 0 bridgehead atoms. The Kier molecular flexibility index (Phi) is 4.25. The van der Waals surface area contributed by atoms with Crippen LogP contribution >= 0.6 is 0 Å². The predicted octanol–water partition coefficient (Wildman–Crippen LogP) is 3.14. The maximum absolute atomic E-state index is 6.31. The molecule has 2 atom stereocenters. The van der Waals surface area contributed by atoms with Crippen molar-refractivity contribution in [1.82, 2.24) is 4.90 Å². The van der Waals surface area contributed by atoms with Crippen molar-refractivity contribution in [2.24, 2.45) is 4.99 Å². The van der Waals surface area contributed by atoms with E-state index in [2.05, 4.69) is 60.0 Å². The lowest BCUT2D eigenvalue weighted by molar-refractivity contribution is 0.0843. The van der Waals surface area contributed by atoms with Gasteiger partial charge in [0.2, 0.25) is 0 Å². The molecular weight excluding hydrogens is 298 g/mol. The highest BCUT2D eigenvalue weighted by molar-refractivity contribution is 5.78. The van der Waals surface area contributed by atoms with E-state index in [0.29, 0.717) is 24.2 Å². The number of piperidine rings is 1. The van der Waals surface area contributed by atoms with Crippen LogP contribution in [0, 0.1) is 0 Å². The van der Waals surface area contributed by atoms with E-state index >= 15 is 0 Å². The third-order valence-corrected chi connectivity index (χ3v) is 5.75. The number of fused-ring (bicyclic) bond motifs is 3. The zero-order valence-corrected chi connectivity index (χ0v) is 15.1. The van der Waals surface area contributed by atoms with Crippen LogP contribution in [0.2, 0.25) is 0 Å². The standard InChI is InChI=1S/C20H29N3O/c1-14(2)22-8-6-18(7-9-22)24-19-4-5-20-16(11-19)10-17-13-21-12-15(3)23(17)20/h4-5,11,13-15,17-18H,6-10,12H2,1-3H3/t15-,17?/m1/s1. The van der Waals surface area contributed by atoms with Gasteiger partial charge < -0.3 is 14.5 Å². The fourth-order valence-corrected chi connectivity index (χ4v) is 4.37. The van der Waals surface area contributed by atoms with Crippen molar-refractivity contribution in [3.05, 3.63) is 23.8 Å². The van der Waals surface area contributed by atoms with Gasteiger partial charge in [0.05, 0.1) is 12.6 Å². The van der Waals surface area contributed by atoms with Gasteiger partial charge in [-0.05, 0) is 57.4 Å². The molecule has 0 radical (unpaired) electrons. The molecule has 0 N–H and O–H groups in total. The van der Waals surface area contributed by atoms with E-state index in [1.807, 2.05) is 0 Å². The minimum Gasteiger partial charge on any atom is -0.490 e. The largest absolute Gasteiger partial charge is 0.490 e. The van der Waals surface area contributed by atoms with Crippen LogP contribution in [0.4, 0.5) is 5.69 Å². The van der Waals surface area contributed by atoms with Gasteiger partial charge in [0.25, 0.3) is 0 Å². The normalized spacial score (nSPS) is 27.4. The van der Waals surface area contributed by atoms with Crippen LogP contribution in [0.25, 0.3) is 0 Å². The second kappa shape index (κ2) is 6.40. The second-order valence-electron chi connectivity index (χ2n) is 7.78. The summed E-state index contributed by atoms with van der Waals surface area (Å²) in [5.41, 5.74) is 2.79. The van der Waals surface area contributed by atoms with Crippen LogP contribution in [0.15, 0.2) is 23.2 Å². The van der Waals surface area contributed by atoms with Gasteiger partial charge in [-0.25, -0.2) is 0 Å². The summed E-state index contributed by atoms with van der Waals surface area (Å²) in [7, 11) is 0. The lowest BCUT2D eigenvalue weighted by Crippen LogP contribution is -2.45. The number of ether oxygens (including phenoxy) is 1. The molecule has 3 aliphatic rings. The van der Waals surface area contributed by atoms with Crippen LogP contribution in [-0.4, -0.2) is 55.0 Å². The molecule has 1 saturated heterocycles. The molecule has 1 unspecified atom stereocenters. The fraction of sp³-hybridized carbons (Fsp3) is 0.650. The van der Waals surface area contributed by atoms with E-state index in [0.717, 1.165) is 44.6 Å². The Morgan fingerprint density at radius 3 is 2.75 bits per heavy atom. The average Bonchev–Trinajstić information content (AvgIpc) is 2.94. The molecule has 0 spiro atoms. The topological polar surface area (TPSA) is 28.1 Å². The highest BCUT2D eigenvalue weighted by atomic mass is 16.5. The first-order chi connectivity index (χ1) is 11.6. The molecule has 0 saturated carbocycles. The number of hydrogen-bond donors (Lipinski definition) is 0. The Labute approximate surface area is 145 Å². The zero-order chi connectivity index (χ0) is 16.7. The summed E-state index contributed by atoms with van der Waals surface area (Å²) in [5.74, 6) is 1.04. The number of rotatable bonds is 3. The summed E-state index contributed by atoms with van der Waals surface area (Å²) in [4.78, 5) is 9.58. The molecular formula is C20H29N3O. The molecule has 3 aliphatic heterocycles. The van der Waals surface area contributed by atoms with Gasteiger partial charge in [-0.2, -0.15) is 0 Å². The SMILES string of the molecule is CC(C)N1CCC(Oc2ccc3c(c2)CC2C=NC[C@@H](C)N32)CC1. The monoisotopic (exact) mass is 327 g/mol. The van der Waals surface area contributed by atoms with Crippen LogP contribution in [0.3, 0.4) is 0 Å². The lowest BCUT2D eigenvalue weighted by Gasteiger charge is -2.35. The molecule has 1 fully saturated rings. The maximum Gasteiger partial charge on any atom is 0.120 e. The number of benzene rings is 1. The van der Waals surface area contributed by atoms with Gasteiger partial charge in [-0.15, -0.1) is 0 Å². The number of hydrogen-bond acceptors (Lipinski definition) is 4. The molecule has 130 valence electrons. The smallest absolute Gasteiger partial charge is 0.120 e. The quantitative estimate of drug-likeness (QED) is 0.854. The van der Waals surface area contributed by atoms with Crippen molar-refractivity contribution in [3.8, 4) is 5.75 Å². The molecule has 3 heterocycles. The number of likely N-dealkylation sites (tertiary alicyclic amines) is 1. The number of aliphatic imine (C=N–C) groups is 1. The Morgan fingerprint density at radius 2 is 2.00 bits per heavy atom. The van der Waals surface area contributed by atoms with E-state index in [4.69, 9.17) is 4.74 Å². The molecule has 4 nitrogen and oxygen atoms in total. The van der Waals surface area contributed by atoms with Crippen molar-refractivity contribution >= 4 is 11.9 Å². The van der Waals surface area contributed by atoms with Crippen LogP contribution in [0.5, 0.6) is 5.75 Å². The molecule has 1 aromatic rings. The van der Waals surface area contributed by atoms with E-state index in [-0.39, 0.29) is 0 Å². The van der Waals surface area contributed by atoms with Crippen molar-refractivity contribution in [1.29, 1.82) is 0 Å². The minimum atomic E-state index is 0.363. The van der Waals surface area contributed by atoms with Gasteiger partial charge in [0.15, 0.2) is 0 Å². The molecule has 4 rings (SSSR count). The summed E-state index contributed by atoms with van der Waals surface area (Å²) >= 11 is 0. The van der Waals surface area contributed by atoms with Crippen molar-refractivity contribution < 1.29 is 4.74 Å².